The lowest BCUT2D eigenvalue weighted by Crippen LogP contribution is -2.46. The first-order valence-corrected chi connectivity index (χ1v) is 44.7. The van der Waals surface area contributed by atoms with Crippen LogP contribution in [0.2, 0.25) is 0 Å². The summed E-state index contributed by atoms with van der Waals surface area (Å²) in [6.07, 6.45) is 5.40. The quantitative estimate of drug-likeness (QED) is 0.0365. The predicted octanol–water partition coefficient (Wildman–Crippen LogP) is 14.4. The van der Waals surface area contributed by atoms with Crippen molar-refractivity contribution in [1.82, 2.24) is 43.7 Å². The molecule has 3 atom stereocenters. The predicted molar refractivity (Wildman–Crippen MR) is 478 cm³/mol. The zero-order valence-corrected chi connectivity index (χ0v) is 74.0. The number of benzene rings is 8. The van der Waals surface area contributed by atoms with Gasteiger partial charge in [0.1, 0.15) is 17.4 Å². The van der Waals surface area contributed by atoms with Crippen LogP contribution in [-0.2, 0) is 48.0 Å². The summed E-state index contributed by atoms with van der Waals surface area (Å²) in [5.74, 6) is 5.13. The number of rotatable bonds is 35. The van der Waals surface area contributed by atoms with E-state index in [0.717, 1.165) is 178 Å². The number of para-hydroxylation sites is 1. The Morgan fingerprint density at radius 2 is 0.813 bits per heavy atom. The van der Waals surface area contributed by atoms with E-state index in [1.54, 1.807) is 73.3 Å². The molecule has 9 aromatic rings. The number of sulfonamides is 1. The zero-order chi connectivity index (χ0) is 86.7. The number of anilines is 3. The summed E-state index contributed by atoms with van der Waals surface area (Å²) in [7, 11) is 7.65. The van der Waals surface area contributed by atoms with Gasteiger partial charge in [0.2, 0.25) is 0 Å². The fourth-order valence-corrected chi connectivity index (χ4v) is 19.0. The highest BCUT2D eigenvalue weighted by atomic mass is 32.2. The molecule has 0 spiro atoms. The maximum absolute atomic E-state index is 14.0. The molecule has 15 rings (SSSR count). The van der Waals surface area contributed by atoms with E-state index in [-0.39, 0.29) is 59.8 Å². The number of ether oxygens (including phenoxy) is 8. The van der Waals surface area contributed by atoms with Crippen molar-refractivity contribution in [3.8, 4) is 40.2 Å². The molecular formula is C96H121FN12O13S. The molecule has 3 saturated heterocycles. The second-order valence-corrected chi connectivity index (χ2v) is 33.4. The first-order valence-electron chi connectivity index (χ1n) is 43.2. The van der Waals surface area contributed by atoms with Crippen LogP contribution in [0.25, 0.3) is 0 Å². The summed E-state index contributed by atoms with van der Waals surface area (Å²) in [5, 5.41) is 0.124. The van der Waals surface area contributed by atoms with E-state index in [2.05, 4.69) is 78.1 Å². The third-order valence-corrected chi connectivity index (χ3v) is 26.4. The standard InChI is InChI=1S/C33H40FN3O4.C32H39N3O4.C31H42N6O5S/c1-4-35-16-18-36(19-17-35)30-12-7-10-26-27(30)22-37(33(26)38)29(24-14-15-31(39-2)32(21-24)40-3)13-8-20-41-23-25-9-5-6-11-28(25)34;1-4-33-17-19-34(20-18-33)29-13-8-12-26-27(29)23-35(32(26)36)28(14-9-21-39-25-10-6-5-7-11-25)24-15-16-30(37-2)31(22-24)38-3;1-6-35-15-17-36(18-16-35)27-10-7-9-24-25(27)21-37(31(24)38)26(23-12-13-28(41-4)29(19-23)42-5)11-8-14-33-43(39,40)30-20-32-22(2)34(30)3/h5-7,9-12,14-15,21,29H,4,8,13,16-20,22-23H2,1-3H3;5-8,10-13,15-16,22,28H,4,9,14,17-21,23H2,1-3H3;7,9-10,12-13,19-20,26,33H,6,8,11,14-18,21H2,1-5H3/t29-;28-;26-/m111/s1. The van der Waals surface area contributed by atoms with Crippen molar-refractivity contribution in [2.45, 2.75) is 116 Å². The Morgan fingerprint density at radius 1 is 0.439 bits per heavy atom. The van der Waals surface area contributed by atoms with Gasteiger partial charge in [-0.15, -0.1) is 0 Å². The summed E-state index contributed by atoms with van der Waals surface area (Å²) < 4.78 is 89.2. The molecule has 0 aliphatic carbocycles. The van der Waals surface area contributed by atoms with Crippen LogP contribution in [0.3, 0.4) is 0 Å². The van der Waals surface area contributed by atoms with Gasteiger partial charge in [-0.3, -0.25) is 14.4 Å². The molecular weight excluding hydrogens is 1580 g/mol. The number of amides is 3. The number of nitrogens with one attached hydrogen (secondary N) is 1. The Labute approximate surface area is 725 Å². The minimum atomic E-state index is -3.73. The molecule has 1 N–H and O–H groups in total. The van der Waals surface area contributed by atoms with Crippen molar-refractivity contribution < 1.29 is 65.1 Å². The summed E-state index contributed by atoms with van der Waals surface area (Å²) >= 11 is 0. The maximum Gasteiger partial charge on any atom is 0.257 e. The first-order chi connectivity index (χ1) is 59.8. The number of aromatic nitrogens is 2. The summed E-state index contributed by atoms with van der Waals surface area (Å²) in [6, 6.07) is 51.8. The van der Waals surface area contributed by atoms with Gasteiger partial charge < -0.3 is 86.6 Å². The fourth-order valence-electron chi connectivity index (χ4n) is 17.7. The van der Waals surface area contributed by atoms with Gasteiger partial charge in [-0.2, -0.15) is 0 Å². The largest absolute Gasteiger partial charge is 0.494 e. The second kappa shape index (κ2) is 42.4. The van der Waals surface area contributed by atoms with Gasteiger partial charge in [0.15, 0.2) is 39.5 Å². The molecule has 656 valence electrons. The molecule has 123 heavy (non-hydrogen) atoms. The molecule has 3 fully saturated rings. The third kappa shape index (κ3) is 21.0. The summed E-state index contributed by atoms with van der Waals surface area (Å²) in [5.41, 5.74) is 12.6. The van der Waals surface area contributed by atoms with Crippen LogP contribution in [0.15, 0.2) is 175 Å². The molecule has 3 amide bonds. The molecule has 0 radical (unpaired) electrons. The molecule has 6 aliphatic rings. The highest BCUT2D eigenvalue weighted by Gasteiger charge is 2.41. The average Bonchev–Trinajstić information content (AvgIpc) is 1.62. The van der Waals surface area contributed by atoms with Gasteiger partial charge in [-0.1, -0.05) is 93.6 Å². The molecule has 0 bridgehead atoms. The molecule has 6 aliphatic heterocycles. The molecule has 0 saturated carbocycles. The third-order valence-electron chi connectivity index (χ3n) is 24.9. The number of nitrogens with zero attached hydrogens (tertiary/aromatic N) is 11. The lowest BCUT2D eigenvalue weighted by Gasteiger charge is -2.36. The Kier molecular flexibility index (Phi) is 31.0. The normalized spacial score (nSPS) is 16.3. The Bertz CT molecular complexity index is 5170. The van der Waals surface area contributed by atoms with Gasteiger partial charge in [0.05, 0.1) is 80.2 Å². The van der Waals surface area contributed by atoms with Crippen molar-refractivity contribution in [2.75, 3.05) is 175 Å². The lowest BCUT2D eigenvalue weighted by atomic mass is 9.99. The maximum atomic E-state index is 14.0. The van der Waals surface area contributed by atoms with Crippen LogP contribution in [0.1, 0.15) is 153 Å². The van der Waals surface area contributed by atoms with Gasteiger partial charge in [-0.05, 0) is 173 Å². The highest BCUT2D eigenvalue weighted by molar-refractivity contribution is 7.89. The molecule has 27 heteroatoms. The monoisotopic (exact) mass is 1700 g/mol. The van der Waals surface area contributed by atoms with Crippen molar-refractivity contribution in [3.63, 3.8) is 0 Å². The number of carbonyl (C=O) groups excluding carboxylic acids is 3. The molecule has 0 unspecified atom stereocenters. The zero-order valence-electron chi connectivity index (χ0n) is 73.2. The SMILES string of the molecule is CCN1CCN(c2cccc3c2CN([C@H](CCCNS(=O)(=O)c2cnc(C)n2C)c2ccc(OC)c(OC)c2)C3=O)CC1.CCN1CCN(c2cccc3c2CN([C@H](CCCOCc2ccccc2F)c2ccc(OC)c(OC)c2)C3=O)CC1.CCN1CCN(c2cccc3c2CN([C@H](CCCOc2ccccc2)c2ccc(OC)c(OC)c2)C3=O)CC1. The van der Waals surface area contributed by atoms with Crippen LogP contribution < -0.4 is 52.6 Å². The number of piperazine rings is 3. The van der Waals surface area contributed by atoms with E-state index in [1.165, 1.54) is 18.0 Å². The fraction of sp³-hybridized carbons (Fsp3) is 0.438. The number of imidazole rings is 1. The number of methoxy groups -OCH3 is 6. The Hall–Kier alpha value is -10.9. The van der Waals surface area contributed by atoms with E-state index in [0.29, 0.717) is 104 Å². The second-order valence-electron chi connectivity index (χ2n) is 31.7. The molecule has 8 aromatic carbocycles. The van der Waals surface area contributed by atoms with E-state index in [1.807, 2.05) is 142 Å². The smallest absolute Gasteiger partial charge is 0.257 e. The molecule has 7 heterocycles. The van der Waals surface area contributed by atoms with E-state index < -0.39 is 10.0 Å². The van der Waals surface area contributed by atoms with Gasteiger partial charge in [0, 0.05) is 174 Å². The molecule has 25 nitrogen and oxygen atoms in total. The van der Waals surface area contributed by atoms with Crippen LogP contribution in [0.5, 0.6) is 40.2 Å². The van der Waals surface area contributed by atoms with Crippen molar-refractivity contribution in [3.05, 3.63) is 237 Å². The topological polar surface area (TPSA) is 218 Å². The number of hydrogen-bond donors (Lipinski definition) is 1. The van der Waals surface area contributed by atoms with Gasteiger partial charge in [0.25, 0.3) is 27.7 Å². The number of aryl methyl sites for hydroxylation is 1. The average molecular weight is 1700 g/mol. The Balaban J connectivity index is 0.000000159. The van der Waals surface area contributed by atoms with Crippen molar-refractivity contribution in [2.24, 2.45) is 7.05 Å². The Morgan fingerprint density at radius 3 is 1.18 bits per heavy atom. The number of hydrogen-bond acceptors (Lipinski definition) is 20. The lowest BCUT2D eigenvalue weighted by molar-refractivity contribution is 0.0657. The van der Waals surface area contributed by atoms with Crippen molar-refractivity contribution in [1.29, 1.82) is 0 Å². The van der Waals surface area contributed by atoms with E-state index >= 15 is 0 Å². The number of carbonyl (C=O) groups is 3. The van der Waals surface area contributed by atoms with E-state index in [4.69, 9.17) is 37.9 Å². The van der Waals surface area contributed by atoms with Gasteiger partial charge in [-0.25, -0.2) is 22.5 Å². The minimum absolute atomic E-state index is 0.0187. The van der Waals surface area contributed by atoms with Crippen molar-refractivity contribution >= 4 is 44.8 Å². The highest BCUT2D eigenvalue weighted by Crippen LogP contribution is 2.45. The van der Waals surface area contributed by atoms with E-state index in [9.17, 15) is 27.2 Å². The van der Waals surface area contributed by atoms with Crippen LogP contribution in [-0.4, -0.2) is 226 Å². The minimum Gasteiger partial charge on any atom is -0.494 e. The van der Waals surface area contributed by atoms with Crippen LogP contribution in [0, 0.1) is 12.7 Å². The summed E-state index contributed by atoms with van der Waals surface area (Å²) in [6.45, 7) is 26.5. The molecule has 1 aromatic heterocycles. The number of likely N-dealkylation sites (N-methyl/N-ethyl adjacent to an activating group) is 3. The summed E-state index contributed by atoms with van der Waals surface area (Å²) in [4.78, 5) is 66.4. The van der Waals surface area contributed by atoms with Crippen LogP contribution >= 0.6 is 0 Å². The van der Waals surface area contributed by atoms with Gasteiger partial charge >= 0.3 is 0 Å². The number of fused-ring (bicyclic) bond motifs is 3. The first kappa shape index (κ1) is 89.8. The number of halogens is 1. The van der Waals surface area contributed by atoms with Crippen LogP contribution in [0.4, 0.5) is 21.5 Å².